The number of carbonyl (C=O) groups excluding carboxylic acids is 2. The van der Waals surface area contributed by atoms with Crippen molar-refractivity contribution in [2.24, 2.45) is 0 Å². The zero-order valence-electron chi connectivity index (χ0n) is 37.2. The first-order chi connectivity index (χ1) is 24.5. The first kappa shape index (κ1) is 50.2. The van der Waals surface area contributed by atoms with Crippen molar-refractivity contribution >= 4 is 36.9 Å². The van der Waals surface area contributed by atoms with E-state index in [2.05, 4.69) is 118 Å². The summed E-state index contributed by atoms with van der Waals surface area (Å²) in [7, 11) is -5.16. The molecule has 0 saturated carbocycles. The molecule has 0 spiro atoms. The molecule has 0 aliphatic rings. The van der Waals surface area contributed by atoms with Gasteiger partial charge in [-0.3, -0.25) is 4.79 Å². The molecular formula is C43H78O8Si3. The van der Waals surface area contributed by atoms with Gasteiger partial charge in [0.05, 0.1) is 7.11 Å². The van der Waals surface area contributed by atoms with Crippen LogP contribution in [-0.2, 0) is 32.3 Å². The second-order valence-corrected chi connectivity index (χ2v) is 33.9. The lowest BCUT2D eigenvalue weighted by atomic mass is 9.97. The van der Waals surface area contributed by atoms with Crippen LogP contribution in [0.3, 0.4) is 0 Å². The Hall–Kier alpha value is -1.79. The summed E-state index contributed by atoms with van der Waals surface area (Å²) in [6, 6.07) is 9.98. The number of aliphatic hydroxyl groups excluding tert-OH is 1. The molecule has 5 unspecified atom stereocenters. The third kappa shape index (κ3) is 17.6. The Labute approximate surface area is 333 Å². The average Bonchev–Trinajstić information content (AvgIpc) is 3.03. The van der Waals surface area contributed by atoms with Gasteiger partial charge in [0, 0.05) is 31.2 Å². The average molecular weight is 807 g/mol. The van der Waals surface area contributed by atoms with Crippen LogP contribution in [0.1, 0.15) is 132 Å². The third-order valence-corrected chi connectivity index (χ3v) is 25.5. The molecular weight excluding hydrogens is 729 g/mol. The minimum atomic E-state index is -2.15. The molecule has 310 valence electrons. The second kappa shape index (κ2) is 21.1. The topological polar surface area (TPSA) is 101 Å². The van der Waals surface area contributed by atoms with E-state index in [1.807, 2.05) is 30.3 Å². The molecule has 0 aliphatic heterocycles. The number of rotatable bonds is 20. The van der Waals surface area contributed by atoms with Gasteiger partial charge in [0.25, 0.3) is 0 Å². The van der Waals surface area contributed by atoms with Crippen LogP contribution in [0.2, 0.25) is 54.4 Å². The highest BCUT2D eigenvalue weighted by molar-refractivity contribution is 6.75. The summed E-state index contributed by atoms with van der Waals surface area (Å²) in [6.07, 6.45) is 4.25. The van der Waals surface area contributed by atoms with E-state index in [-0.39, 0.29) is 45.5 Å². The van der Waals surface area contributed by atoms with Crippen molar-refractivity contribution in [3.05, 3.63) is 35.9 Å². The smallest absolute Gasteiger partial charge is 0.384 e. The molecule has 1 aromatic carbocycles. The molecule has 1 rings (SSSR count). The normalized spacial score (nSPS) is 16.0. The number of carbonyl (C=O) groups is 2. The molecule has 8 nitrogen and oxygen atoms in total. The predicted molar refractivity (Wildman–Crippen MR) is 230 cm³/mol. The molecule has 0 saturated heterocycles. The summed E-state index contributed by atoms with van der Waals surface area (Å²) < 4.78 is 31.8. The number of aliphatic hydroxyl groups is 1. The fourth-order valence-electron chi connectivity index (χ4n) is 5.42. The van der Waals surface area contributed by atoms with E-state index < -0.39 is 37.0 Å². The SMILES string of the molecule is COC(=O)C#CC(O)CCC(CCC(CCC(CCC(OC(C)=O)c1ccccc1)O[Si](C)(C)C(C)(C)C)O[Si](C)(C)C(C)(C)C)O[Si](C)(C)C(C)(C)C. The summed E-state index contributed by atoms with van der Waals surface area (Å²) in [5, 5.41) is 10.7. The summed E-state index contributed by atoms with van der Waals surface area (Å²) in [5.41, 5.74) is 0.993. The molecule has 1 N–H and O–H groups in total. The Morgan fingerprint density at radius 2 is 0.981 bits per heavy atom. The van der Waals surface area contributed by atoms with Crippen LogP contribution in [0.4, 0.5) is 0 Å². The summed E-state index contributed by atoms with van der Waals surface area (Å²) in [6.45, 7) is 35.6. The fraction of sp³-hybridized carbons (Fsp3) is 0.767. The van der Waals surface area contributed by atoms with Gasteiger partial charge in [0.1, 0.15) is 12.2 Å². The predicted octanol–water partition coefficient (Wildman–Crippen LogP) is 11.1. The molecule has 1 aromatic rings. The molecule has 0 aliphatic carbocycles. The Bertz CT molecular complexity index is 1350. The molecule has 54 heavy (non-hydrogen) atoms. The van der Waals surface area contributed by atoms with Gasteiger partial charge in [-0.1, -0.05) is 98.6 Å². The monoisotopic (exact) mass is 807 g/mol. The van der Waals surface area contributed by atoms with Crippen molar-refractivity contribution in [2.75, 3.05) is 7.11 Å². The van der Waals surface area contributed by atoms with Crippen molar-refractivity contribution < 1.29 is 37.4 Å². The van der Waals surface area contributed by atoms with Gasteiger partial charge in [0.15, 0.2) is 25.0 Å². The standard InChI is InChI=1S/C43H78O8Si3/c1-33(44)48-39(34-21-19-18-20-22-34)31-30-38(51-54(16,17)43(8,9)10)29-28-37(50-53(14,15)42(5,6)7)27-26-36(49-52(12,13)41(2,3)4)25-23-35(45)24-32-40(46)47-11/h18-22,35-39,45H,23,25-31H2,1-17H3. The van der Waals surface area contributed by atoms with Crippen molar-refractivity contribution in [3.8, 4) is 11.8 Å². The van der Waals surface area contributed by atoms with E-state index in [0.29, 0.717) is 19.3 Å². The molecule has 0 fully saturated rings. The van der Waals surface area contributed by atoms with Gasteiger partial charge >= 0.3 is 11.9 Å². The van der Waals surface area contributed by atoms with E-state index in [1.165, 1.54) is 14.0 Å². The highest BCUT2D eigenvalue weighted by atomic mass is 28.4. The second-order valence-electron chi connectivity index (χ2n) is 19.6. The number of hydrogen-bond acceptors (Lipinski definition) is 8. The van der Waals surface area contributed by atoms with Crippen LogP contribution >= 0.6 is 0 Å². The lowest BCUT2D eigenvalue weighted by Gasteiger charge is -2.42. The van der Waals surface area contributed by atoms with Gasteiger partial charge in [-0.05, 0) is 111 Å². The number of esters is 2. The van der Waals surface area contributed by atoms with Crippen LogP contribution in [0.5, 0.6) is 0 Å². The zero-order chi connectivity index (χ0) is 41.8. The lowest BCUT2D eigenvalue weighted by molar-refractivity contribution is -0.147. The highest BCUT2D eigenvalue weighted by Gasteiger charge is 2.42. The minimum Gasteiger partial charge on any atom is -0.459 e. The van der Waals surface area contributed by atoms with Gasteiger partial charge in [-0.25, -0.2) is 4.79 Å². The Kier molecular flexibility index (Phi) is 19.6. The van der Waals surface area contributed by atoms with E-state index >= 15 is 0 Å². The van der Waals surface area contributed by atoms with Crippen molar-refractivity contribution in [1.82, 2.24) is 0 Å². The largest absolute Gasteiger partial charge is 0.459 e. The maximum atomic E-state index is 12.2. The summed E-state index contributed by atoms with van der Waals surface area (Å²) >= 11 is 0. The third-order valence-electron chi connectivity index (χ3n) is 11.9. The van der Waals surface area contributed by atoms with Gasteiger partial charge in [0.2, 0.25) is 0 Å². The van der Waals surface area contributed by atoms with Crippen LogP contribution in [-0.4, -0.2) is 73.5 Å². The van der Waals surface area contributed by atoms with Gasteiger partial charge < -0.3 is 27.9 Å². The molecule has 0 heterocycles. The summed E-state index contributed by atoms with van der Waals surface area (Å²) in [5.74, 6) is 4.04. The highest BCUT2D eigenvalue weighted by Crippen LogP contribution is 2.42. The van der Waals surface area contributed by atoms with Crippen LogP contribution in [0.15, 0.2) is 30.3 Å². The fourth-order valence-corrected chi connectivity index (χ4v) is 9.69. The van der Waals surface area contributed by atoms with Crippen LogP contribution in [0.25, 0.3) is 0 Å². The van der Waals surface area contributed by atoms with Crippen LogP contribution in [0, 0.1) is 11.8 Å². The van der Waals surface area contributed by atoms with E-state index in [0.717, 1.165) is 37.7 Å². The molecule has 11 heteroatoms. The maximum absolute atomic E-state index is 12.2. The van der Waals surface area contributed by atoms with E-state index in [4.69, 9.17) is 18.0 Å². The molecule has 0 radical (unpaired) electrons. The molecule has 5 atom stereocenters. The number of ether oxygens (including phenoxy) is 2. The lowest BCUT2D eigenvalue weighted by Crippen LogP contribution is -2.46. The number of benzene rings is 1. The maximum Gasteiger partial charge on any atom is 0.384 e. The Balaban J connectivity index is 3.44. The molecule has 0 bridgehead atoms. The van der Waals surface area contributed by atoms with Crippen molar-refractivity contribution in [2.45, 2.75) is 206 Å². The van der Waals surface area contributed by atoms with Crippen molar-refractivity contribution in [1.29, 1.82) is 0 Å². The number of methoxy groups -OCH3 is 1. The quantitative estimate of drug-likeness (QED) is 0.0602. The Morgan fingerprint density at radius 1 is 0.630 bits per heavy atom. The van der Waals surface area contributed by atoms with E-state index in [9.17, 15) is 14.7 Å². The molecule has 0 aromatic heterocycles. The first-order valence-corrected chi connectivity index (χ1v) is 28.8. The Morgan fingerprint density at radius 3 is 1.31 bits per heavy atom. The summed E-state index contributed by atoms with van der Waals surface area (Å²) in [4.78, 5) is 23.7. The van der Waals surface area contributed by atoms with Crippen molar-refractivity contribution in [3.63, 3.8) is 0 Å². The number of hydrogen-bond donors (Lipinski definition) is 1. The first-order valence-electron chi connectivity index (χ1n) is 20.0. The minimum absolute atomic E-state index is 0.00986. The van der Waals surface area contributed by atoms with Gasteiger partial charge in [-0.15, -0.1) is 0 Å². The van der Waals surface area contributed by atoms with Crippen LogP contribution < -0.4 is 0 Å². The molecule has 0 amide bonds. The zero-order valence-corrected chi connectivity index (χ0v) is 40.2. The van der Waals surface area contributed by atoms with Gasteiger partial charge in [-0.2, -0.15) is 0 Å². The van der Waals surface area contributed by atoms with E-state index in [1.54, 1.807) is 0 Å².